The largest absolute Gasteiger partial charge is 0.297 e. The summed E-state index contributed by atoms with van der Waals surface area (Å²) in [5.41, 5.74) is -0.539. The molecule has 5 heteroatoms. The standard InChI is InChI=1S/C15H20F2N2S/c1-11(2)19-15(3,10-18)7-4-8-20-12-5-6-13(16)14(17)9-12/h5-6,9,11,19H,4,7-8H2,1-3H3. The quantitative estimate of drug-likeness (QED) is 0.607. The first kappa shape index (κ1) is 16.9. The van der Waals surface area contributed by atoms with Gasteiger partial charge in [0.2, 0.25) is 0 Å². The van der Waals surface area contributed by atoms with Gasteiger partial charge in [-0.2, -0.15) is 5.26 Å². The first-order chi connectivity index (χ1) is 9.36. The van der Waals surface area contributed by atoms with Crippen molar-refractivity contribution in [1.29, 1.82) is 5.26 Å². The Morgan fingerprint density at radius 3 is 2.60 bits per heavy atom. The second-order valence-electron chi connectivity index (χ2n) is 5.27. The van der Waals surface area contributed by atoms with Gasteiger partial charge in [0.25, 0.3) is 0 Å². The number of nitrogens with zero attached hydrogens (tertiary/aromatic N) is 1. The van der Waals surface area contributed by atoms with Crippen LogP contribution < -0.4 is 5.32 Å². The van der Waals surface area contributed by atoms with E-state index >= 15 is 0 Å². The molecule has 1 N–H and O–H groups in total. The lowest BCUT2D eigenvalue weighted by atomic mass is 9.97. The van der Waals surface area contributed by atoms with Crippen molar-refractivity contribution in [3.63, 3.8) is 0 Å². The summed E-state index contributed by atoms with van der Waals surface area (Å²) in [6.07, 6.45) is 1.55. The Balaban J connectivity index is 2.41. The van der Waals surface area contributed by atoms with Crippen LogP contribution in [0.2, 0.25) is 0 Å². The van der Waals surface area contributed by atoms with Gasteiger partial charge in [-0.15, -0.1) is 11.8 Å². The van der Waals surface area contributed by atoms with E-state index in [1.54, 1.807) is 6.07 Å². The molecule has 0 saturated carbocycles. The van der Waals surface area contributed by atoms with Gasteiger partial charge in [0.15, 0.2) is 11.6 Å². The van der Waals surface area contributed by atoms with Gasteiger partial charge in [0.1, 0.15) is 5.54 Å². The molecule has 0 fully saturated rings. The Hall–Kier alpha value is -1.12. The first-order valence-electron chi connectivity index (χ1n) is 6.63. The van der Waals surface area contributed by atoms with Gasteiger partial charge >= 0.3 is 0 Å². The number of nitriles is 1. The third kappa shape index (κ3) is 5.48. The zero-order valence-electron chi connectivity index (χ0n) is 12.0. The zero-order valence-corrected chi connectivity index (χ0v) is 12.9. The number of nitrogens with one attached hydrogen (secondary N) is 1. The molecule has 110 valence electrons. The van der Waals surface area contributed by atoms with Crippen LogP contribution in [-0.4, -0.2) is 17.3 Å². The summed E-state index contributed by atoms with van der Waals surface area (Å²) in [6, 6.07) is 6.45. The smallest absolute Gasteiger partial charge is 0.159 e. The minimum Gasteiger partial charge on any atom is -0.297 e. The molecule has 0 radical (unpaired) electrons. The van der Waals surface area contributed by atoms with E-state index in [0.717, 1.165) is 24.7 Å². The highest BCUT2D eigenvalue weighted by Crippen LogP contribution is 2.23. The van der Waals surface area contributed by atoms with Crippen LogP contribution in [0.4, 0.5) is 8.78 Å². The average molecular weight is 298 g/mol. The Bertz CT molecular complexity index is 485. The zero-order chi connectivity index (χ0) is 15.2. The molecule has 0 bridgehead atoms. The van der Waals surface area contributed by atoms with Gasteiger partial charge in [0.05, 0.1) is 6.07 Å². The van der Waals surface area contributed by atoms with Crippen molar-refractivity contribution in [2.45, 2.75) is 50.1 Å². The normalized spacial score (nSPS) is 14.1. The first-order valence-corrected chi connectivity index (χ1v) is 7.61. The van der Waals surface area contributed by atoms with Gasteiger partial charge in [0, 0.05) is 10.9 Å². The molecule has 0 saturated heterocycles. The van der Waals surface area contributed by atoms with E-state index in [9.17, 15) is 14.0 Å². The lowest BCUT2D eigenvalue weighted by Crippen LogP contribution is -2.44. The van der Waals surface area contributed by atoms with Crippen LogP contribution in [0.3, 0.4) is 0 Å². The second-order valence-corrected chi connectivity index (χ2v) is 6.44. The molecule has 0 spiro atoms. The molecule has 0 aliphatic heterocycles. The van der Waals surface area contributed by atoms with Crippen molar-refractivity contribution in [1.82, 2.24) is 5.32 Å². The monoisotopic (exact) mass is 298 g/mol. The lowest BCUT2D eigenvalue weighted by Gasteiger charge is -2.25. The number of halogens is 2. The molecule has 0 heterocycles. The van der Waals surface area contributed by atoms with Crippen molar-refractivity contribution >= 4 is 11.8 Å². The molecule has 1 unspecified atom stereocenters. The fourth-order valence-electron chi connectivity index (χ4n) is 1.98. The third-order valence-corrected chi connectivity index (χ3v) is 3.91. The van der Waals surface area contributed by atoms with E-state index in [1.807, 2.05) is 20.8 Å². The lowest BCUT2D eigenvalue weighted by molar-refractivity contribution is 0.380. The fourth-order valence-corrected chi connectivity index (χ4v) is 2.86. The van der Waals surface area contributed by atoms with Crippen molar-refractivity contribution in [3.05, 3.63) is 29.8 Å². The molecule has 0 aliphatic carbocycles. The predicted molar refractivity (Wildman–Crippen MR) is 78.6 cm³/mol. The maximum Gasteiger partial charge on any atom is 0.159 e. The van der Waals surface area contributed by atoms with E-state index in [1.165, 1.54) is 17.8 Å². The van der Waals surface area contributed by atoms with E-state index in [0.29, 0.717) is 4.90 Å². The van der Waals surface area contributed by atoms with Crippen molar-refractivity contribution in [2.75, 3.05) is 5.75 Å². The number of thioether (sulfide) groups is 1. The molecule has 20 heavy (non-hydrogen) atoms. The van der Waals surface area contributed by atoms with Crippen LogP contribution >= 0.6 is 11.8 Å². The van der Waals surface area contributed by atoms with E-state index in [2.05, 4.69) is 11.4 Å². The van der Waals surface area contributed by atoms with Gasteiger partial charge in [-0.3, -0.25) is 5.32 Å². The van der Waals surface area contributed by atoms with Crippen LogP contribution in [0.1, 0.15) is 33.6 Å². The van der Waals surface area contributed by atoms with Gasteiger partial charge < -0.3 is 0 Å². The molecule has 1 aromatic carbocycles. The molecule has 0 aliphatic rings. The highest BCUT2D eigenvalue weighted by atomic mass is 32.2. The van der Waals surface area contributed by atoms with Crippen molar-refractivity contribution < 1.29 is 8.78 Å². The van der Waals surface area contributed by atoms with E-state index in [-0.39, 0.29) is 6.04 Å². The minimum absolute atomic E-state index is 0.249. The highest BCUT2D eigenvalue weighted by molar-refractivity contribution is 7.99. The Morgan fingerprint density at radius 1 is 1.35 bits per heavy atom. The van der Waals surface area contributed by atoms with Crippen LogP contribution in [0.15, 0.2) is 23.1 Å². The van der Waals surface area contributed by atoms with Crippen molar-refractivity contribution in [2.24, 2.45) is 0 Å². The molecular weight excluding hydrogens is 278 g/mol. The summed E-state index contributed by atoms with van der Waals surface area (Å²) in [5, 5.41) is 12.4. The van der Waals surface area contributed by atoms with Crippen LogP contribution in [0.25, 0.3) is 0 Å². The Labute approximate surface area is 123 Å². The van der Waals surface area contributed by atoms with Gasteiger partial charge in [-0.05, 0) is 57.6 Å². The fraction of sp³-hybridized carbons (Fsp3) is 0.533. The predicted octanol–water partition coefficient (Wildman–Crippen LogP) is 4.12. The second kappa shape index (κ2) is 7.61. The summed E-state index contributed by atoms with van der Waals surface area (Å²) < 4.78 is 25.8. The Kier molecular flexibility index (Phi) is 6.44. The van der Waals surface area contributed by atoms with Gasteiger partial charge in [-0.25, -0.2) is 8.78 Å². The van der Waals surface area contributed by atoms with Gasteiger partial charge in [-0.1, -0.05) is 0 Å². The molecule has 0 aromatic heterocycles. The number of rotatable bonds is 7. The van der Waals surface area contributed by atoms with E-state index < -0.39 is 17.2 Å². The third-order valence-electron chi connectivity index (χ3n) is 2.83. The minimum atomic E-state index is -0.826. The summed E-state index contributed by atoms with van der Waals surface area (Å²) in [4.78, 5) is 0.708. The highest BCUT2D eigenvalue weighted by Gasteiger charge is 2.23. The molecular formula is C15H20F2N2S. The maximum absolute atomic E-state index is 13.0. The Morgan fingerprint density at radius 2 is 2.05 bits per heavy atom. The molecule has 0 amide bonds. The molecule has 2 nitrogen and oxygen atoms in total. The van der Waals surface area contributed by atoms with Crippen LogP contribution in [-0.2, 0) is 0 Å². The summed E-state index contributed by atoms with van der Waals surface area (Å²) in [5.74, 6) is -0.881. The molecule has 1 aromatic rings. The molecule has 1 rings (SSSR count). The average Bonchev–Trinajstić information content (AvgIpc) is 2.38. The summed E-state index contributed by atoms with van der Waals surface area (Å²) >= 11 is 1.47. The summed E-state index contributed by atoms with van der Waals surface area (Å²) in [6.45, 7) is 5.90. The topological polar surface area (TPSA) is 35.8 Å². The number of hydrogen-bond donors (Lipinski definition) is 1. The van der Waals surface area contributed by atoms with E-state index in [4.69, 9.17) is 0 Å². The van der Waals surface area contributed by atoms with Crippen molar-refractivity contribution in [3.8, 4) is 6.07 Å². The number of benzene rings is 1. The van der Waals surface area contributed by atoms with Crippen LogP contribution in [0, 0.1) is 23.0 Å². The number of hydrogen-bond acceptors (Lipinski definition) is 3. The SMILES string of the molecule is CC(C)NC(C)(C#N)CCCSc1ccc(F)c(F)c1. The molecule has 1 atom stereocenters. The maximum atomic E-state index is 13.0. The summed E-state index contributed by atoms with van der Waals surface area (Å²) in [7, 11) is 0. The van der Waals surface area contributed by atoms with Crippen LogP contribution in [0.5, 0.6) is 0 Å².